The lowest BCUT2D eigenvalue weighted by Crippen LogP contribution is -2.65. The smallest absolute Gasteiger partial charge is 0.271 e. The van der Waals surface area contributed by atoms with Crippen LogP contribution in [-0.4, -0.2) is 47.1 Å². The van der Waals surface area contributed by atoms with Crippen molar-refractivity contribution >= 4 is 34.1 Å². The molecule has 1 saturated carbocycles. The first-order valence-corrected chi connectivity index (χ1v) is 13.1. The van der Waals surface area contributed by atoms with Crippen LogP contribution in [-0.2, 0) is 17.9 Å². The Morgan fingerprint density at radius 1 is 1.17 bits per heavy atom. The number of thiophene rings is 1. The number of hydrogen-bond acceptors (Lipinski definition) is 5. The van der Waals surface area contributed by atoms with Crippen molar-refractivity contribution < 1.29 is 19.1 Å². The summed E-state index contributed by atoms with van der Waals surface area (Å²) in [6, 6.07) is 9.67. The van der Waals surface area contributed by atoms with E-state index in [4.69, 9.17) is 9.47 Å². The molecule has 2 aromatic heterocycles. The van der Waals surface area contributed by atoms with Crippen LogP contribution in [0.2, 0.25) is 0 Å². The van der Waals surface area contributed by atoms with Gasteiger partial charge in [-0.05, 0) is 55.3 Å². The SMILES string of the molecule is COc1ccc(OC)c2c1cc1n2C[C@](C)(C(=O)N[C@H]2CCCC[C@H]2C)N(Cc2cccs2)C1=O. The number of hydrogen-bond donors (Lipinski definition) is 1. The number of fused-ring (bicyclic) bond motifs is 3. The Morgan fingerprint density at radius 3 is 2.60 bits per heavy atom. The van der Waals surface area contributed by atoms with Crippen molar-refractivity contribution in [2.75, 3.05) is 14.2 Å². The number of rotatable bonds is 6. The Kier molecular flexibility index (Phi) is 6.25. The van der Waals surface area contributed by atoms with Crippen molar-refractivity contribution in [1.29, 1.82) is 0 Å². The highest BCUT2D eigenvalue weighted by Gasteiger charge is 2.49. The van der Waals surface area contributed by atoms with Crippen molar-refractivity contribution in [3.05, 3.63) is 46.3 Å². The second kappa shape index (κ2) is 9.22. The van der Waals surface area contributed by atoms with E-state index >= 15 is 0 Å². The average molecular weight is 496 g/mol. The number of nitrogens with one attached hydrogen (secondary N) is 1. The van der Waals surface area contributed by atoms with Gasteiger partial charge < -0.3 is 24.3 Å². The molecule has 3 atom stereocenters. The third-order valence-corrected chi connectivity index (χ3v) is 8.62. The van der Waals surface area contributed by atoms with Crippen molar-refractivity contribution in [3.8, 4) is 11.5 Å². The van der Waals surface area contributed by atoms with Gasteiger partial charge in [-0.2, -0.15) is 0 Å². The first-order chi connectivity index (χ1) is 16.9. The van der Waals surface area contributed by atoms with E-state index < -0.39 is 5.54 Å². The molecule has 0 saturated heterocycles. The first kappa shape index (κ1) is 23.7. The number of ether oxygens (including phenoxy) is 2. The van der Waals surface area contributed by atoms with Crippen molar-refractivity contribution in [3.63, 3.8) is 0 Å². The fourth-order valence-corrected chi connectivity index (χ4v) is 6.31. The van der Waals surface area contributed by atoms with Gasteiger partial charge in [0.15, 0.2) is 0 Å². The Balaban J connectivity index is 1.61. The van der Waals surface area contributed by atoms with Gasteiger partial charge in [-0.25, -0.2) is 0 Å². The monoisotopic (exact) mass is 495 g/mol. The maximum absolute atomic E-state index is 14.0. The summed E-state index contributed by atoms with van der Waals surface area (Å²) in [4.78, 5) is 30.8. The van der Waals surface area contributed by atoms with Gasteiger partial charge in [0.1, 0.15) is 22.7 Å². The highest BCUT2D eigenvalue weighted by atomic mass is 32.1. The van der Waals surface area contributed by atoms with Crippen LogP contribution in [0.5, 0.6) is 11.5 Å². The second-order valence-corrected chi connectivity index (χ2v) is 11.0. The van der Waals surface area contributed by atoms with E-state index in [0.717, 1.165) is 35.0 Å². The van der Waals surface area contributed by atoms with E-state index in [1.54, 1.807) is 30.5 Å². The summed E-state index contributed by atoms with van der Waals surface area (Å²) in [6.07, 6.45) is 4.41. The van der Waals surface area contributed by atoms with E-state index in [9.17, 15) is 9.59 Å². The van der Waals surface area contributed by atoms with E-state index in [-0.39, 0.29) is 17.9 Å². The molecule has 5 rings (SSSR count). The van der Waals surface area contributed by atoms with Gasteiger partial charge in [-0.1, -0.05) is 25.8 Å². The lowest BCUT2D eigenvalue weighted by atomic mass is 9.85. The Labute approximate surface area is 210 Å². The fourth-order valence-electron chi connectivity index (χ4n) is 5.62. The predicted octanol–water partition coefficient (Wildman–Crippen LogP) is 4.83. The Hall–Kier alpha value is -3.00. The molecular formula is C27H33N3O4S. The zero-order valence-electron chi connectivity index (χ0n) is 20.8. The number of aromatic nitrogens is 1. The molecule has 1 aromatic carbocycles. The minimum atomic E-state index is -1.06. The van der Waals surface area contributed by atoms with Gasteiger partial charge >= 0.3 is 0 Å². The third kappa shape index (κ3) is 3.97. The molecule has 0 unspecified atom stereocenters. The minimum Gasteiger partial charge on any atom is -0.496 e. The van der Waals surface area contributed by atoms with Gasteiger partial charge in [0.25, 0.3) is 5.91 Å². The molecule has 0 radical (unpaired) electrons. The maximum Gasteiger partial charge on any atom is 0.271 e. The topological polar surface area (TPSA) is 72.8 Å². The lowest BCUT2D eigenvalue weighted by molar-refractivity contribution is -0.134. The molecule has 1 N–H and O–H groups in total. The summed E-state index contributed by atoms with van der Waals surface area (Å²) in [6.45, 7) is 4.81. The molecule has 0 bridgehead atoms. The quantitative estimate of drug-likeness (QED) is 0.532. The Bertz CT molecular complexity index is 1250. The molecule has 186 valence electrons. The summed E-state index contributed by atoms with van der Waals surface area (Å²) in [5, 5.41) is 6.13. The molecular weight excluding hydrogens is 462 g/mol. The second-order valence-electron chi connectivity index (χ2n) is 9.93. The average Bonchev–Trinajstić information content (AvgIpc) is 3.51. The van der Waals surface area contributed by atoms with E-state index in [0.29, 0.717) is 36.2 Å². The number of carbonyl (C=O) groups is 2. The van der Waals surface area contributed by atoms with Crippen molar-refractivity contribution in [2.45, 2.75) is 64.2 Å². The van der Waals surface area contributed by atoms with E-state index in [2.05, 4.69) is 12.2 Å². The summed E-state index contributed by atoms with van der Waals surface area (Å²) in [5.41, 5.74) is 0.248. The standard InChI is InChI=1S/C27H33N3O4S/c1-17-8-5-6-10-20(17)28-26(32)27(2)16-29-21(25(31)30(27)15-18-9-7-13-35-18)14-19-22(33-3)11-12-23(34-4)24(19)29/h7,9,11-14,17,20H,5-6,8,10,15-16H2,1-4H3,(H,28,32)/t17-,20+,27-/m1/s1. The van der Waals surface area contributed by atoms with Gasteiger partial charge in [-0.3, -0.25) is 9.59 Å². The van der Waals surface area contributed by atoms with E-state index in [1.807, 2.05) is 47.2 Å². The van der Waals surface area contributed by atoms with Crippen LogP contribution in [0.25, 0.3) is 10.9 Å². The zero-order valence-corrected chi connectivity index (χ0v) is 21.6. The number of methoxy groups -OCH3 is 2. The Morgan fingerprint density at radius 2 is 1.91 bits per heavy atom. The molecule has 1 aliphatic carbocycles. The molecule has 0 spiro atoms. The highest BCUT2D eigenvalue weighted by molar-refractivity contribution is 7.09. The first-order valence-electron chi connectivity index (χ1n) is 12.3. The summed E-state index contributed by atoms with van der Waals surface area (Å²) in [7, 11) is 3.23. The normalized spacial score (nSPS) is 24.3. The molecule has 1 fully saturated rings. The largest absolute Gasteiger partial charge is 0.496 e. The number of benzene rings is 1. The number of nitrogens with zero attached hydrogens (tertiary/aromatic N) is 2. The van der Waals surface area contributed by atoms with Crippen molar-refractivity contribution in [2.24, 2.45) is 5.92 Å². The zero-order chi connectivity index (χ0) is 24.7. The van der Waals surface area contributed by atoms with Crippen LogP contribution in [0.15, 0.2) is 35.7 Å². The molecule has 35 heavy (non-hydrogen) atoms. The molecule has 3 aromatic rings. The van der Waals surface area contributed by atoms with Gasteiger partial charge in [0.2, 0.25) is 5.91 Å². The van der Waals surface area contributed by atoms with Gasteiger partial charge in [0, 0.05) is 16.3 Å². The minimum absolute atomic E-state index is 0.101. The molecule has 2 aliphatic rings. The molecule has 2 amide bonds. The molecule has 8 heteroatoms. The van der Waals surface area contributed by atoms with Crippen LogP contribution in [0, 0.1) is 5.92 Å². The van der Waals surface area contributed by atoms with Crippen LogP contribution in [0.3, 0.4) is 0 Å². The number of amides is 2. The molecule has 7 nitrogen and oxygen atoms in total. The van der Waals surface area contributed by atoms with Crippen LogP contribution in [0.1, 0.15) is 54.9 Å². The highest BCUT2D eigenvalue weighted by Crippen LogP contribution is 2.41. The van der Waals surface area contributed by atoms with Crippen LogP contribution in [0.4, 0.5) is 0 Å². The fraction of sp³-hybridized carbons (Fsp3) is 0.481. The van der Waals surface area contributed by atoms with Gasteiger partial charge in [-0.15, -0.1) is 11.3 Å². The maximum atomic E-state index is 14.0. The van der Waals surface area contributed by atoms with Crippen molar-refractivity contribution in [1.82, 2.24) is 14.8 Å². The van der Waals surface area contributed by atoms with Crippen LogP contribution >= 0.6 is 11.3 Å². The summed E-state index contributed by atoms with van der Waals surface area (Å²) >= 11 is 1.59. The third-order valence-electron chi connectivity index (χ3n) is 7.76. The van der Waals surface area contributed by atoms with Gasteiger partial charge in [0.05, 0.1) is 32.8 Å². The lowest BCUT2D eigenvalue weighted by Gasteiger charge is -2.45. The number of carbonyl (C=O) groups excluding carboxylic acids is 2. The molecule has 1 aliphatic heterocycles. The van der Waals surface area contributed by atoms with Crippen LogP contribution < -0.4 is 14.8 Å². The predicted molar refractivity (Wildman–Crippen MR) is 137 cm³/mol. The summed E-state index contributed by atoms with van der Waals surface area (Å²) < 4.78 is 13.2. The molecule has 3 heterocycles. The summed E-state index contributed by atoms with van der Waals surface area (Å²) in [5.74, 6) is 1.47. The van der Waals surface area contributed by atoms with E-state index in [1.165, 1.54) is 6.42 Å².